The Morgan fingerprint density at radius 1 is 1.10 bits per heavy atom. The number of ether oxygens (including phenoxy) is 1. The summed E-state index contributed by atoms with van der Waals surface area (Å²) < 4.78 is 19.1. The number of cyclic esters (lactones) is 1. The second kappa shape index (κ2) is 7.56. The molecule has 2 heterocycles. The van der Waals surface area contributed by atoms with Crippen molar-refractivity contribution in [2.45, 2.75) is 44.1 Å². The molecule has 0 bridgehead atoms. The largest absolute Gasteiger partial charge is 0.508 e. The van der Waals surface area contributed by atoms with Crippen LogP contribution in [0.15, 0.2) is 48.5 Å². The summed E-state index contributed by atoms with van der Waals surface area (Å²) in [5.74, 6) is 0.0751. The average Bonchev–Trinajstić information content (AvgIpc) is 3.57. The van der Waals surface area contributed by atoms with E-state index in [0.29, 0.717) is 12.3 Å². The van der Waals surface area contributed by atoms with Crippen molar-refractivity contribution in [3.05, 3.63) is 65.6 Å². The predicted octanol–water partition coefficient (Wildman–Crippen LogP) is 5.73. The van der Waals surface area contributed by atoms with E-state index in [1.807, 2.05) is 18.2 Å². The monoisotopic (exact) mass is 403 g/mol. The lowest BCUT2D eigenvalue weighted by atomic mass is 9.92. The molecule has 4 nitrogen and oxygen atoms in total. The lowest BCUT2D eigenvalue weighted by molar-refractivity contribution is -0.150. The number of aromatic nitrogens is 1. The maximum Gasteiger partial charge on any atom is 0.306 e. The molecule has 1 N–H and O–H groups in total. The van der Waals surface area contributed by atoms with Crippen LogP contribution in [0.5, 0.6) is 5.75 Å². The van der Waals surface area contributed by atoms with Gasteiger partial charge >= 0.3 is 5.97 Å². The Morgan fingerprint density at radius 3 is 2.63 bits per heavy atom. The first kappa shape index (κ1) is 18.8. The number of benzene rings is 2. The quantitative estimate of drug-likeness (QED) is 0.565. The number of halogens is 1. The number of phenolic OH excluding ortho intramolecular Hbond substituents is 1. The fourth-order valence-corrected chi connectivity index (χ4v) is 4.12. The minimum absolute atomic E-state index is 0.156. The molecule has 1 atom stereocenters. The first-order valence-corrected chi connectivity index (χ1v) is 10.4. The van der Waals surface area contributed by atoms with Crippen LogP contribution in [0, 0.1) is 5.82 Å². The molecule has 0 spiro atoms. The standard InChI is InChI=1S/C25H22FNO3/c26-17-8-6-15(7-9-17)24-20(12-11-19-2-1-3-23(29)30-19)25(16-4-5-16)27-22-13-10-18(28)14-21(22)24/h6-14,16,19,28H,1-5H2/b12-11+. The van der Waals surface area contributed by atoms with Crippen molar-refractivity contribution in [1.29, 1.82) is 0 Å². The van der Waals surface area contributed by atoms with Gasteiger partial charge in [0.05, 0.1) is 11.2 Å². The van der Waals surface area contributed by atoms with E-state index < -0.39 is 0 Å². The number of pyridine rings is 1. The number of fused-ring (bicyclic) bond motifs is 1. The zero-order valence-electron chi connectivity index (χ0n) is 16.5. The van der Waals surface area contributed by atoms with Gasteiger partial charge in [0.25, 0.3) is 0 Å². The Labute approximate surface area is 174 Å². The van der Waals surface area contributed by atoms with Crippen molar-refractivity contribution >= 4 is 22.9 Å². The topological polar surface area (TPSA) is 59.4 Å². The Morgan fingerprint density at radius 2 is 1.90 bits per heavy atom. The third-order valence-corrected chi connectivity index (χ3v) is 5.76. The van der Waals surface area contributed by atoms with Gasteiger partial charge in [0.2, 0.25) is 0 Å². The minimum Gasteiger partial charge on any atom is -0.508 e. The number of phenols is 1. The van der Waals surface area contributed by atoms with Gasteiger partial charge in [-0.15, -0.1) is 0 Å². The van der Waals surface area contributed by atoms with Crippen molar-refractivity contribution in [3.8, 4) is 16.9 Å². The molecule has 30 heavy (non-hydrogen) atoms. The summed E-state index contributed by atoms with van der Waals surface area (Å²) >= 11 is 0. The smallest absolute Gasteiger partial charge is 0.306 e. The van der Waals surface area contributed by atoms with Crippen LogP contribution in [-0.4, -0.2) is 22.2 Å². The van der Waals surface area contributed by atoms with Crippen molar-refractivity contribution in [2.24, 2.45) is 0 Å². The van der Waals surface area contributed by atoms with E-state index in [0.717, 1.165) is 59.0 Å². The van der Waals surface area contributed by atoms with Crippen LogP contribution >= 0.6 is 0 Å². The maximum absolute atomic E-state index is 13.6. The van der Waals surface area contributed by atoms with Crippen LogP contribution in [0.4, 0.5) is 4.39 Å². The second-order valence-electron chi connectivity index (χ2n) is 8.05. The van der Waals surface area contributed by atoms with E-state index >= 15 is 0 Å². The van der Waals surface area contributed by atoms with Crippen LogP contribution in [-0.2, 0) is 9.53 Å². The first-order chi connectivity index (χ1) is 14.6. The maximum atomic E-state index is 13.6. The molecule has 1 saturated heterocycles. The Hall–Kier alpha value is -3.21. The van der Waals surface area contributed by atoms with Crippen molar-refractivity contribution in [3.63, 3.8) is 0 Å². The van der Waals surface area contributed by atoms with E-state index in [4.69, 9.17) is 9.72 Å². The highest BCUT2D eigenvalue weighted by molar-refractivity contribution is 6.00. The molecule has 1 saturated carbocycles. The number of hydrogen-bond donors (Lipinski definition) is 1. The summed E-state index contributed by atoms with van der Waals surface area (Å²) in [5, 5.41) is 10.9. The summed E-state index contributed by atoms with van der Waals surface area (Å²) in [5.41, 5.74) is 4.53. The normalized spacial score (nSPS) is 19.4. The average molecular weight is 403 g/mol. The summed E-state index contributed by atoms with van der Waals surface area (Å²) in [7, 11) is 0. The van der Waals surface area contributed by atoms with Gasteiger partial charge in [-0.3, -0.25) is 9.78 Å². The van der Waals surface area contributed by atoms with Crippen molar-refractivity contribution in [1.82, 2.24) is 4.98 Å². The van der Waals surface area contributed by atoms with Gasteiger partial charge in [-0.2, -0.15) is 0 Å². The Kier molecular flexibility index (Phi) is 4.74. The molecule has 1 unspecified atom stereocenters. The molecule has 1 aliphatic carbocycles. The van der Waals surface area contributed by atoms with E-state index in [1.54, 1.807) is 24.3 Å². The molecular formula is C25H22FNO3. The highest BCUT2D eigenvalue weighted by Crippen LogP contribution is 2.45. The van der Waals surface area contributed by atoms with Gasteiger partial charge in [-0.05, 0) is 67.7 Å². The number of esters is 1. The molecule has 5 heteroatoms. The van der Waals surface area contributed by atoms with E-state index in [9.17, 15) is 14.3 Å². The number of rotatable bonds is 4. The summed E-state index contributed by atoms with van der Waals surface area (Å²) in [4.78, 5) is 16.6. The Bertz CT molecular complexity index is 1150. The molecule has 3 aromatic rings. The van der Waals surface area contributed by atoms with E-state index in [1.165, 1.54) is 12.1 Å². The van der Waals surface area contributed by atoms with Crippen LogP contribution in [0.25, 0.3) is 28.1 Å². The SMILES string of the molecule is O=C1CCCC(/C=C/c2c(C3CC3)nc3ccc(O)cc3c2-c2ccc(F)cc2)O1. The number of carbonyl (C=O) groups is 1. The fraction of sp³-hybridized carbons (Fsp3) is 0.280. The highest BCUT2D eigenvalue weighted by atomic mass is 19.1. The minimum atomic E-state index is -0.298. The summed E-state index contributed by atoms with van der Waals surface area (Å²) in [6.07, 6.45) is 7.92. The van der Waals surface area contributed by atoms with Gasteiger partial charge in [0, 0.05) is 28.9 Å². The molecule has 152 valence electrons. The first-order valence-electron chi connectivity index (χ1n) is 10.4. The molecule has 5 rings (SSSR count). The number of aromatic hydroxyl groups is 1. The second-order valence-corrected chi connectivity index (χ2v) is 8.05. The van der Waals surface area contributed by atoms with Crippen LogP contribution < -0.4 is 0 Å². The van der Waals surface area contributed by atoms with Gasteiger partial charge in [0.1, 0.15) is 17.7 Å². The molecular weight excluding hydrogens is 381 g/mol. The molecule has 0 radical (unpaired) electrons. The summed E-state index contributed by atoms with van der Waals surface area (Å²) in [6.45, 7) is 0. The van der Waals surface area contributed by atoms with Gasteiger partial charge in [-0.25, -0.2) is 4.39 Å². The Balaban J connectivity index is 1.72. The molecule has 2 aliphatic rings. The lowest BCUT2D eigenvalue weighted by Crippen LogP contribution is -2.21. The zero-order chi connectivity index (χ0) is 20.7. The molecule has 2 aromatic carbocycles. The fourth-order valence-electron chi connectivity index (χ4n) is 4.12. The highest BCUT2D eigenvalue weighted by Gasteiger charge is 2.30. The summed E-state index contributed by atoms with van der Waals surface area (Å²) in [6, 6.07) is 11.5. The van der Waals surface area contributed by atoms with Crippen molar-refractivity contribution < 1.29 is 19.0 Å². The molecule has 0 amide bonds. The number of nitrogens with zero attached hydrogens (tertiary/aromatic N) is 1. The zero-order valence-corrected chi connectivity index (χ0v) is 16.5. The van der Waals surface area contributed by atoms with E-state index in [2.05, 4.69) is 0 Å². The predicted molar refractivity (Wildman–Crippen MR) is 114 cm³/mol. The number of carbonyl (C=O) groups excluding carboxylic acids is 1. The third-order valence-electron chi connectivity index (χ3n) is 5.76. The van der Waals surface area contributed by atoms with Crippen LogP contribution in [0.3, 0.4) is 0 Å². The van der Waals surface area contributed by atoms with Gasteiger partial charge in [-0.1, -0.05) is 18.2 Å². The molecule has 1 aromatic heterocycles. The van der Waals surface area contributed by atoms with Gasteiger partial charge in [0.15, 0.2) is 0 Å². The van der Waals surface area contributed by atoms with Gasteiger partial charge < -0.3 is 9.84 Å². The lowest BCUT2D eigenvalue weighted by Gasteiger charge is -2.20. The van der Waals surface area contributed by atoms with Crippen LogP contribution in [0.1, 0.15) is 49.3 Å². The molecule has 2 fully saturated rings. The molecule has 1 aliphatic heterocycles. The third kappa shape index (κ3) is 3.67. The van der Waals surface area contributed by atoms with Crippen LogP contribution in [0.2, 0.25) is 0 Å². The van der Waals surface area contributed by atoms with Crippen molar-refractivity contribution in [2.75, 3.05) is 0 Å². The van der Waals surface area contributed by atoms with E-state index in [-0.39, 0.29) is 23.6 Å². The number of hydrogen-bond acceptors (Lipinski definition) is 4.